The molecule has 0 radical (unpaired) electrons. The van der Waals surface area contributed by atoms with Crippen LogP contribution in [0.15, 0.2) is 12.7 Å². The van der Waals surface area contributed by atoms with E-state index in [1.165, 1.54) is 0 Å². The lowest BCUT2D eigenvalue weighted by Gasteiger charge is -2.19. The van der Waals surface area contributed by atoms with E-state index in [-0.39, 0.29) is 12.5 Å². The molecule has 0 spiro atoms. The lowest BCUT2D eigenvalue weighted by atomic mass is 10.3. The summed E-state index contributed by atoms with van der Waals surface area (Å²) in [6.07, 6.45) is 2.18. The molecule has 2 N–H and O–H groups in total. The second kappa shape index (κ2) is 7.84. The first kappa shape index (κ1) is 13.5. The first-order chi connectivity index (χ1) is 7.11. The van der Waals surface area contributed by atoms with Crippen molar-refractivity contribution in [3.05, 3.63) is 12.7 Å². The first-order valence-electron chi connectivity index (χ1n) is 4.97. The van der Waals surface area contributed by atoms with Crippen LogP contribution in [0.5, 0.6) is 0 Å². The Morgan fingerprint density at radius 3 is 2.67 bits per heavy atom. The molecule has 0 aromatic heterocycles. The van der Waals surface area contributed by atoms with E-state index in [9.17, 15) is 9.59 Å². The summed E-state index contributed by atoms with van der Waals surface area (Å²) in [6, 6.07) is -0.178. The number of carboxylic acids is 1. The van der Waals surface area contributed by atoms with Crippen molar-refractivity contribution < 1.29 is 14.7 Å². The van der Waals surface area contributed by atoms with Gasteiger partial charge in [0.1, 0.15) is 0 Å². The number of nitrogens with one attached hydrogen (secondary N) is 1. The fourth-order valence-electron chi connectivity index (χ4n) is 1.06. The van der Waals surface area contributed by atoms with Crippen molar-refractivity contribution in [2.45, 2.75) is 19.8 Å². The molecule has 0 atom stereocenters. The number of carbonyl (C=O) groups excluding carboxylic acids is 1. The molecular weight excluding hydrogens is 196 g/mol. The highest BCUT2D eigenvalue weighted by molar-refractivity contribution is 5.74. The molecule has 0 aromatic rings. The molecule has 0 unspecified atom stereocenters. The van der Waals surface area contributed by atoms with Crippen LogP contribution in [-0.2, 0) is 4.79 Å². The van der Waals surface area contributed by atoms with Crippen molar-refractivity contribution in [3.8, 4) is 0 Å². The minimum Gasteiger partial charge on any atom is -0.481 e. The molecule has 2 amide bonds. The molecule has 0 aliphatic carbocycles. The minimum atomic E-state index is -0.845. The third-order valence-electron chi connectivity index (χ3n) is 1.86. The maximum absolute atomic E-state index is 11.4. The highest BCUT2D eigenvalue weighted by atomic mass is 16.4. The molecule has 0 fully saturated rings. The Morgan fingerprint density at radius 2 is 2.20 bits per heavy atom. The highest BCUT2D eigenvalue weighted by Crippen LogP contribution is 1.91. The van der Waals surface area contributed by atoms with Crippen LogP contribution in [0.4, 0.5) is 4.79 Å². The Morgan fingerprint density at radius 1 is 1.53 bits per heavy atom. The van der Waals surface area contributed by atoms with Gasteiger partial charge in [-0.1, -0.05) is 6.08 Å². The Kier molecular flexibility index (Phi) is 7.05. The van der Waals surface area contributed by atoms with Crippen molar-refractivity contribution >= 4 is 12.0 Å². The van der Waals surface area contributed by atoms with Gasteiger partial charge >= 0.3 is 12.0 Å². The molecule has 5 nitrogen and oxygen atoms in total. The summed E-state index contributed by atoms with van der Waals surface area (Å²) >= 11 is 0. The molecule has 0 rings (SSSR count). The molecule has 5 heteroatoms. The van der Waals surface area contributed by atoms with Crippen LogP contribution in [0.1, 0.15) is 19.8 Å². The van der Waals surface area contributed by atoms with Crippen LogP contribution in [0, 0.1) is 0 Å². The molecule has 15 heavy (non-hydrogen) atoms. The predicted molar refractivity (Wildman–Crippen MR) is 57.7 cm³/mol. The largest absolute Gasteiger partial charge is 0.481 e. The van der Waals surface area contributed by atoms with Crippen LogP contribution in [0.25, 0.3) is 0 Å². The van der Waals surface area contributed by atoms with Crippen LogP contribution >= 0.6 is 0 Å². The summed E-state index contributed by atoms with van der Waals surface area (Å²) in [6.45, 7) is 6.92. The van der Waals surface area contributed by atoms with Crippen LogP contribution in [0.3, 0.4) is 0 Å². The number of carboxylic acid groups (broad SMARTS) is 1. The number of hydrogen-bond donors (Lipinski definition) is 2. The van der Waals surface area contributed by atoms with E-state index in [1.807, 2.05) is 6.92 Å². The molecule has 0 aromatic carbocycles. The van der Waals surface area contributed by atoms with Gasteiger partial charge in [0.2, 0.25) is 0 Å². The van der Waals surface area contributed by atoms with Gasteiger partial charge in [0.25, 0.3) is 0 Å². The monoisotopic (exact) mass is 214 g/mol. The Hall–Kier alpha value is -1.52. The van der Waals surface area contributed by atoms with Crippen LogP contribution in [-0.4, -0.2) is 41.6 Å². The number of urea groups is 1. The zero-order valence-corrected chi connectivity index (χ0v) is 9.03. The van der Waals surface area contributed by atoms with Crippen molar-refractivity contribution in [1.82, 2.24) is 10.2 Å². The second-order valence-corrected chi connectivity index (χ2v) is 3.06. The summed E-state index contributed by atoms with van der Waals surface area (Å²) in [5, 5.41) is 11.0. The van der Waals surface area contributed by atoms with Crippen LogP contribution in [0.2, 0.25) is 0 Å². The van der Waals surface area contributed by atoms with E-state index in [1.54, 1.807) is 11.0 Å². The zero-order valence-electron chi connectivity index (χ0n) is 9.03. The van der Waals surface area contributed by atoms with E-state index >= 15 is 0 Å². The molecule has 0 bridgehead atoms. The van der Waals surface area contributed by atoms with Crippen LogP contribution < -0.4 is 5.32 Å². The van der Waals surface area contributed by atoms with Gasteiger partial charge in [0.15, 0.2) is 0 Å². The van der Waals surface area contributed by atoms with Gasteiger partial charge in [-0.15, -0.1) is 6.58 Å². The minimum absolute atomic E-state index is 0.0772. The van der Waals surface area contributed by atoms with E-state index in [0.717, 1.165) is 0 Å². The maximum atomic E-state index is 11.4. The van der Waals surface area contributed by atoms with E-state index < -0.39 is 5.97 Å². The molecule has 0 saturated heterocycles. The number of nitrogens with zero attached hydrogens (tertiary/aromatic N) is 1. The Labute approximate surface area is 89.8 Å². The summed E-state index contributed by atoms with van der Waals surface area (Å²) in [5.74, 6) is -0.845. The van der Waals surface area contributed by atoms with Gasteiger partial charge in [-0.05, 0) is 13.3 Å². The quantitative estimate of drug-likeness (QED) is 0.492. The number of aliphatic carboxylic acids is 1. The third-order valence-corrected chi connectivity index (χ3v) is 1.86. The van der Waals surface area contributed by atoms with E-state index in [2.05, 4.69) is 11.9 Å². The van der Waals surface area contributed by atoms with Gasteiger partial charge in [-0.2, -0.15) is 0 Å². The van der Waals surface area contributed by atoms with E-state index in [0.29, 0.717) is 26.1 Å². The summed E-state index contributed by atoms with van der Waals surface area (Å²) in [7, 11) is 0. The standard InChI is InChI=1S/C10H18N2O3/c1-3-8-12(4-2)10(15)11-7-5-6-9(13)14/h3H,1,4-8H2,2H3,(H,11,15)(H,13,14). The number of hydrogen-bond acceptors (Lipinski definition) is 2. The summed E-state index contributed by atoms with van der Waals surface area (Å²) in [4.78, 5) is 23.2. The predicted octanol–water partition coefficient (Wildman–Crippen LogP) is 1.07. The smallest absolute Gasteiger partial charge is 0.317 e. The Bertz CT molecular complexity index is 229. The molecule has 0 heterocycles. The summed E-state index contributed by atoms with van der Waals surface area (Å²) < 4.78 is 0. The normalized spacial score (nSPS) is 9.40. The SMILES string of the molecule is C=CCN(CC)C(=O)NCCCC(=O)O. The van der Waals surface area contributed by atoms with Gasteiger partial charge in [0, 0.05) is 26.1 Å². The first-order valence-corrected chi connectivity index (χ1v) is 4.97. The van der Waals surface area contributed by atoms with Crippen molar-refractivity contribution in [3.63, 3.8) is 0 Å². The summed E-state index contributed by atoms with van der Waals surface area (Å²) in [5.41, 5.74) is 0. The molecule has 0 aliphatic heterocycles. The lowest BCUT2D eigenvalue weighted by molar-refractivity contribution is -0.137. The number of carbonyl (C=O) groups is 2. The number of amides is 2. The topological polar surface area (TPSA) is 69.6 Å². The molecule has 86 valence electrons. The van der Waals surface area contributed by atoms with Gasteiger partial charge < -0.3 is 15.3 Å². The fraction of sp³-hybridized carbons (Fsp3) is 0.600. The number of rotatable bonds is 7. The average molecular weight is 214 g/mol. The average Bonchev–Trinajstić information content (AvgIpc) is 2.20. The zero-order chi connectivity index (χ0) is 11.7. The lowest BCUT2D eigenvalue weighted by Crippen LogP contribution is -2.40. The molecular formula is C10H18N2O3. The third kappa shape index (κ3) is 6.54. The van der Waals surface area contributed by atoms with Crippen molar-refractivity contribution in [1.29, 1.82) is 0 Å². The number of likely N-dealkylation sites (N-methyl/N-ethyl adjacent to an activating group) is 1. The highest BCUT2D eigenvalue weighted by Gasteiger charge is 2.08. The Balaban J connectivity index is 3.70. The van der Waals surface area contributed by atoms with Gasteiger partial charge in [0.05, 0.1) is 0 Å². The van der Waals surface area contributed by atoms with Gasteiger partial charge in [-0.3, -0.25) is 4.79 Å². The molecule has 0 saturated carbocycles. The molecule has 0 aliphatic rings. The van der Waals surface area contributed by atoms with Crippen molar-refractivity contribution in [2.24, 2.45) is 0 Å². The maximum Gasteiger partial charge on any atom is 0.317 e. The second-order valence-electron chi connectivity index (χ2n) is 3.06. The van der Waals surface area contributed by atoms with Gasteiger partial charge in [-0.25, -0.2) is 4.79 Å². The van der Waals surface area contributed by atoms with Crippen molar-refractivity contribution in [2.75, 3.05) is 19.6 Å². The van der Waals surface area contributed by atoms with E-state index in [4.69, 9.17) is 5.11 Å². The fourth-order valence-corrected chi connectivity index (χ4v) is 1.06.